The van der Waals surface area contributed by atoms with E-state index < -0.39 is 0 Å². The molecule has 0 spiro atoms. The number of thioether (sulfide) groups is 1. The minimum absolute atomic E-state index is 0.0329. The molecule has 1 aliphatic rings. The molecule has 1 N–H and O–H groups in total. The van der Waals surface area contributed by atoms with Gasteiger partial charge in [0.05, 0.1) is 0 Å². The maximum absolute atomic E-state index is 12.8. The summed E-state index contributed by atoms with van der Waals surface area (Å²) in [6, 6.07) is 20.4. The van der Waals surface area contributed by atoms with E-state index in [2.05, 4.69) is 46.6 Å². The molecule has 0 aromatic heterocycles. The van der Waals surface area contributed by atoms with Crippen LogP contribution < -0.4 is 5.32 Å². The lowest BCUT2D eigenvalue weighted by Gasteiger charge is -2.35. The van der Waals surface area contributed by atoms with E-state index in [4.69, 9.17) is 0 Å². The van der Waals surface area contributed by atoms with Crippen molar-refractivity contribution in [1.82, 2.24) is 15.1 Å². The largest absolute Gasteiger partial charge is 0.334 e. The van der Waals surface area contributed by atoms with Crippen LogP contribution in [0.25, 0.3) is 0 Å². The van der Waals surface area contributed by atoms with Crippen LogP contribution in [-0.2, 0) is 17.8 Å². The van der Waals surface area contributed by atoms with Crippen molar-refractivity contribution in [2.75, 3.05) is 31.9 Å². The molecule has 2 aromatic rings. The van der Waals surface area contributed by atoms with E-state index in [9.17, 15) is 9.59 Å². The second-order valence-electron chi connectivity index (χ2n) is 7.39. The van der Waals surface area contributed by atoms with Crippen LogP contribution in [0.5, 0.6) is 0 Å². The van der Waals surface area contributed by atoms with Crippen LogP contribution in [0.15, 0.2) is 60.7 Å². The summed E-state index contributed by atoms with van der Waals surface area (Å²) in [4.78, 5) is 28.5. The van der Waals surface area contributed by atoms with Gasteiger partial charge in [-0.15, -0.1) is 0 Å². The van der Waals surface area contributed by atoms with Gasteiger partial charge in [-0.3, -0.25) is 9.69 Å². The topological polar surface area (TPSA) is 52.7 Å². The van der Waals surface area contributed by atoms with E-state index >= 15 is 0 Å². The first-order valence-electron chi connectivity index (χ1n) is 10.1. The van der Waals surface area contributed by atoms with E-state index in [1.54, 1.807) is 6.92 Å². The fraction of sp³-hybridized carbons (Fsp3) is 0.391. The molecule has 1 heterocycles. The van der Waals surface area contributed by atoms with Crippen molar-refractivity contribution in [3.05, 3.63) is 71.8 Å². The lowest BCUT2D eigenvalue weighted by Crippen LogP contribution is -2.53. The molecule has 154 valence electrons. The van der Waals surface area contributed by atoms with E-state index in [0.717, 1.165) is 44.7 Å². The van der Waals surface area contributed by atoms with Crippen LogP contribution in [0.4, 0.5) is 4.79 Å². The summed E-state index contributed by atoms with van der Waals surface area (Å²) in [6.45, 7) is 5.66. The average molecular weight is 412 g/mol. The Balaban J connectivity index is 1.50. The molecule has 0 aliphatic carbocycles. The minimum atomic E-state index is -0.0684. The van der Waals surface area contributed by atoms with Crippen molar-refractivity contribution in [3.63, 3.8) is 0 Å². The molecule has 2 aromatic carbocycles. The number of rotatable bonds is 7. The summed E-state index contributed by atoms with van der Waals surface area (Å²) < 4.78 is 0. The third kappa shape index (κ3) is 7.22. The zero-order valence-electron chi connectivity index (χ0n) is 16.9. The van der Waals surface area contributed by atoms with Gasteiger partial charge in [0, 0.05) is 51.4 Å². The Labute approximate surface area is 177 Å². The Morgan fingerprint density at radius 1 is 0.931 bits per heavy atom. The molecule has 1 atom stereocenters. The highest BCUT2D eigenvalue weighted by Gasteiger charge is 2.23. The second kappa shape index (κ2) is 11.0. The fourth-order valence-corrected chi connectivity index (χ4v) is 4.12. The maximum Gasteiger partial charge on any atom is 0.317 e. The summed E-state index contributed by atoms with van der Waals surface area (Å²) in [7, 11) is 0. The highest BCUT2D eigenvalue weighted by atomic mass is 32.2. The Morgan fingerprint density at radius 2 is 1.52 bits per heavy atom. The molecular formula is C23H29N3O2S. The van der Waals surface area contributed by atoms with Crippen molar-refractivity contribution >= 4 is 22.9 Å². The van der Waals surface area contributed by atoms with Crippen LogP contribution in [-0.4, -0.2) is 58.9 Å². The first-order chi connectivity index (χ1) is 14.1. The van der Waals surface area contributed by atoms with E-state index in [1.165, 1.54) is 17.3 Å². The van der Waals surface area contributed by atoms with Gasteiger partial charge >= 0.3 is 6.03 Å². The smallest absolute Gasteiger partial charge is 0.317 e. The second-order valence-corrected chi connectivity index (χ2v) is 8.58. The number of amides is 2. The quantitative estimate of drug-likeness (QED) is 0.759. The molecule has 1 aliphatic heterocycles. The van der Waals surface area contributed by atoms with Gasteiger partial charge in [-0.1, -0.05) is 72.4 Å². The summed E-state index contributed by atoms with van der Waals surface area (Å²) in [6.07, 6.45) is 0.723. The number of piperazine rings is 1. The highest BCUT2D eigenvalue weighted by molar-refractivity contribution is 8.13. The van der Waals surface area contributed by atoms with Crippen LogP contribution in [0.1, 0.15) is 18.1 Å². The Bertz CT molecular complexity index is 777. The van der Waals surface area contributed by atoms with Crippen molar-refractivity contribution < 1.29 is 9.59 Å². The molecular weight excluding hydrogens is 382 g/mol. The Morgan fingerprint density at radius 3 is 2.10 bits per heavy atom. The van der Waals surface area contributed by atoms with Crippen molar-refractivity contribution in [2.24, 2.45) is 0 Å². The van der Waals surface area contributed by atoms with Gasteiger partial charge in [0.2, 0.25) is 0 Å². The first kappa shape index (κ1) is 21.4. The van der Waals surface area contributed by atoms with E-state index in [-0.39, 0.29) is 17.2 Å². The molecule has 3 rings (SSSR count). The summed E-state index contributed by atoms with van der Waals surface area (Å²) in [5.74, 6) is 0.587. The molecule has 0 radical (unpaired) electrons. The molecule has 6 heteroatoms. The van der Waals surface area contributed by atoms with Crippen LogP contribution >= 0.6 is 11.8 Å². The van der Waals surface area contributed by atoms with Crippen LogP contribution in [0.3, 0.4) is 0 Å². The summed E-state index contributed by atoms with van der Waals surface area (Å²) >= 11 is 1.27. The van der Waals surface area contributed by atoms with Crippen molar-refractivity contribution in [1.29, 1.82) is 0 Å². The number of urea groups is 1. The van der Waals surface area contributed by atoms with Crippen LogP contribution in [0, 0.1) is 0 Å². The first-order valence-corrected chi connectivity index (χ1v) is 11.1. The van der Waals surface area contributed by atoms with Crippen LogP contribution in [0.2, 0.25) is 0 Å². The van der Waals surface area contributed by atoms with Gasteiger partial charge in [-0.05, 0) is 17.5 Å². The molecule has 5 nitrogen and oxygen atoms in total. The molecule has 2 amide bonds. The highest BCUT2D eigenvalue weighted by Crippen LogP contribution is 2.12. The number of nitrogens with one attached hydrogen (secondary N) is 1. The van der Waals surface area contributed by atoms with Gasteiger partial charge in [-0.25, -0.2) is 4.79 Å². The predicted molar refractivity (Wildman–Crippen MR) is 119 cm³/mol. The third-order valence-electron chi connectivity index (χ3n) is 5.05. The fourth-order valence-electron chi connectivity index (χ4n) is 3.48. The van der Waals surface area contributed by atoms with E-state index in [0.29, 0.717) is 5.75 Å². The van der Waals surface area contributed by atoms with Crippen molar-refractivity contribution in [2.45, 2.75) is 25.9 Å². The molecule has 1 saturated heterocycles. The molecule has 1 unspecified atom stereocenters. The average Bonchev–Trinajstić information content (AvgIpc) is 2.74. The molecule has 1 fully saturated rings. The van der Waals surface area contributed by atoms with Crippen molar-refractivity contribution in [3.8, 4) is 0 Å². The lowest BCUT2D eigenvalue weighted by molar-refractivity contribution is -0.109. The lowest BCUT2D eigenvalue weighted by atomic mass is 10.1. The summed E-state index contributed by atoms with van der Waals surface area (Å²) in [5.41, 5.74) is 2.46. The SMILES string of the molecule is CC(=O)SCC(Cc1ccccc1)NC(=O)N1CCN(Cc2ccccc2)CC1. The molecule has 0 bridgehead atoms. The third-order valence-corrected chi connectivity index (χ3v) is 6.02. The van der Waals surface area contributed by atoms with Gasteiger partial charge in [0.15, 0.2) is 5.12 Å². The normalized spacial score (nSPS) is 15.7. The number of nitrogens with zero attached hydrogens (tertiary/aromatic N) is 2. The molecule has 29 heavy (non-hydrogen) atoms. The monoisotopic (exact) mass is 411 g/mol. The number of hydrogen-bond acceptors (Lipinski definition) is 4. The van der Waals surface area contributed by atoms with Gasteiger partial charge in [0.25, 0.3) is 0 Å². The zero-order chi connectivity index (χ0) is 20.5. The molecule has 0 saturated carbocycles. The van der Waals surface area contributed by atoms with Gasteiger partial charge < -0.3 is 10.2 Å². The number of carbonyl (C=O) groups excluding carboxylic acids is 2. The Kier molecular flexibility index (Phi) is 8.14. The predicted octanol–water partition coefficient (Wildman–Crippen LogP) is 3.40. The maximum atomic E-state index is 12.8. The minimum Gasteiger partial charge on any atom is -0.334 e. The van der Waals surface area contributed by atoms with Gasteiger partial charge in [-0.2, -0.15) is 0 Å². The summed E-state index contributed by atoms with van der Waals surface area (Å²) in [5, 5.41) is 3.23. The Hall–Kier alpha value is -2.31. The number of hydrogen-bond donors (Lipinski definition) is 1. The number of carbonyl (C=O) groups is 2. The standard InChI is InChI=1S/C23H29N3O2S/c1-19(27)29-18-22(16-20-8-4-2-5-9-20)24-23(28)26-14-12-25(13-15-26)17-21-10-6-3-7-11-21/h2-11,22H,12-18H2,1H3,(H,24,28). The number of benzene rings is 2. The van der Waals surface area contributed by atoms with E-state index in [1.807, 2.05) is 29.2 Å². The van der Waals surface area contributed by atoms with Gasteiger partial charge in [0.1, 0.15) is 0 Å². The zero-order valence-corrected chi connectivity index (χ0v) is 17.7.